The first kappa shape index (κ1) is 12.3. The molecule has 1 heteroatoms. The van der Waals surface area contributed by atoms with Gasteiger partial charge in [-0.1, -0.05) is 44.2 Å². The number of aryl methyl sites for hydroxylation is 1. The van der Waals surface area contributed by atoms with Crippen LogP contribution in [0.5, 0.6) is 0 Å². The van der Waals surface area contributed by atoms with Gasteiger partial charge in [0.2, 0.25) is 0 Å². The predicted molar refractivity (Wildman–Crippen MR) is 66.9 cm³/mol. The summed E-state index contributed by atoms with van der Waals surface area (Å²) in [7, 11) is 0. The molecular weight excluding hydrogens is 182 g/mol. The van der Waals surface area contributed by atoms with E-state index >= 15 is 0 Å². The van der Waals surface area contributed by atoms with Crippen LogP contribution in [-0.4, -0.2) is 5.54 Å². The van der Waals surface area contributed by atoms with Crippen LogP contribution >= 0.6 is 0 Å². The molecule has 0 aliphatic carbocycles. The molecule has 15 heavy (non-hydrogen) atoms. The summed E-state index contributed by atoms with van der Waals surface area (Å²) in [5.41, 5.74) is 7.75. The highest BCUT2D eigenvalue weighted by atomic mass is 14.7. The first-order valence-corrected chi connectivity index (χ1v) is 6.03. The highest BCUT2D eigenvalue weighted by molar-refractivity contribution is 5.14. The Hall–Kier alpha value is -0.820. The molecule has 2 N–H and O–H groups in total. The average molecular weight is 205 g/mol. The van der Waals surface area contributed by atoms with Crippen LogP contribution in [0.3, 0.4) is 0 Å². The molecule has 0 saturated heterocycles. The van der Waals surface area contributed by atoms with E-state index in [0.29, 0.717) is 0 Å². The second-order valence-corrected chi connectivity index (χ2v) is 4.41. The Morgan fingerprint density at radius 2 is 1.67 bits per heavy atom. The standard InChI is InChI=1S/C14H23N/c1-3-14(15,4-2)12-8-11-13-9-6-5-7-10-13/h5-7,9-10H,3-4,8,11-12,15H2,1-2H3. The summed E-state index contributed by atoms with van der Waals surface area (Å²) in [4.78, 5) is 0. The molecule has 0 spiro atoms. The lowest BCUT2D eigenvalue weighted by Gasteiger charge is -2.26. The molecule has 0 aromatic heterocycles. The van der Waals surface area contributed by atoms with Gasteiger partial charge in [-0.3, -0.25) is 0 Å². The van der Waals surface area contributed by atoms with Crippen LogP contribution in [-0.2, 0) is 6.42 Å². The summed E-state index contributed by atoms with van der Waals surface area (Å²) in [6, 6.07) is 10.6. The Bertz CT molecular complexity index is 262. The Kier molecular flexibility index (Phi) is 4.83. The average Bonchev–Trinajstić information content (AvgIpc) is 2.30. The number of rotatable bonds is 6. The van der Waals surface area contributed by atoms with Crippen LogP contribution in [0.4, 0.5) is 0 Å². The number of hydrogen-bond donors (Lipinski definition) is 1. The van der Waals surface area contributed by atoms with E-state index in [2.05, 4.69) is 44.2 Å². The molecule has 1 rings (SSSR count). The van der Waals surface area contributed by atoms with Gasteiger partial charge >= 0.3 is 0 Å². The van der Waals surface area contributed by atoms with E-state index in [-0.39, 0.29) is 5.54 Å². The molecule has 0 fully saturated rings. The lowest BCUT2D eigenvalue weighted by Crippen LogP contribution is -2.38. The number of benzene rings is 1. The predicted octanol–water partition coefficient (Wildman–Crippen LogP) is 3.53. The first-order valence-electron chi connectivity index (χ1n) is 6.03. The Morgan fingerprint density at radius 1 is 1.07 bits per heavy atom. The second-order valence-electron chi connectivity index (χ2n) is 4.41. The smallest absolute Gasteiger partial charge is 0.0149 e. The van der Waals surface area contributed by atoms with Crippen LogP contribution in [0.25, 0.3) is 0 Å². The monoisotopic (exact) mass is 205 g/mol. The lowest BCUT2D eigenvalue weighted by atomic mass is 9.87. The summed E-state index contributed by atoms with van der Waals surface area (Å²) in [6.07, 6.45) is 5.65. The summed E-state index contributed by atoms with van der Waals surface area (Å²) in [5.74, 6) is 0. The Balaban J connectivity index is 2.33. The Labute approximate surface area is 93.7 Å². The third kappa shape index (κ3) is 4.05. The van der Waals surface area contributed by atoms with Crippen molar-refractivity contribution in [1.82, 2.24) is 0 Å². The van der Waals surface area contributed by atoms with Gasteiger partial charge in [-0.2, -0.15) is 0 Å². The molecule has 0 amide bonds. The van der Waals surface area contributed by atoms with Gasteiger partial charge < -0.3 is 5.73 Å². The molecule has 0 unspecified atom stereocenters. The van der Waals surface area contributed by atoms with Crippen LogP contribution in [0.2, 0.25) is 0 Å². The van der Waals surface area contributed by atoms with E-state index < -0.39 is 0 Å². The lowest BCUT2D eigenvalue weighted by molar-refractivity contribution is 0.357. The largest absolute Gasteiger partial charge is 0.325 e. The normalized spacial score (nSPS) is 11.7. The molecule has 1 nitrogen and oxygen atoms in total. The fourth-order valence-corrected chi connectivity index (χ4v) is 1.89. The molecule has 0 radical (unpaired) electrons. The summed E-state index contributed by atoms with van der Waals surface area (Å²) < 4.78 is 0. The quantitative estimate of drug-likeness (QED) is 0.755. The van der Waals surface area contributed by atoms with Crippen molar-refractivity contribution < 1.29 is 0 Å². The van der Waals surface area contributed by atoms with Gasteiger partial charge in [0.25, 0.3) is 0 Å². The fourth-order valence-electron chi connectivity index (χ4n) is 1.89. The van der Waals surface area contributed by atoms with Crippen molar-refractivity contribution in [1.29, 1.82) is 0 Å². The zero-order valence-electron chi connectivity index (χ0n) is 10.00. The van der Waals surface area contributed by atoms with Crippen molar-refractivity contribution >= 4 is 0 Å². The summed E-state index contributed by atoms with van der Waals surface area (Å²) >= 11 is 0. The van der Waals surface area contributed by atoms with Crippen LogP contribution in [0.1, 0.15) is 45.1 Å². The number of nitrogens with two attached hydrogens (primary N) is 1. The van der Waals surface area contributed by atoms with E-state index in [4.69, 9.17) is 5.73 Å². The zero-order valence-corrected chi connectivity index (χ0v) is 10.00. The fraction of sp³-hybridized carbons (Fsp3) is 0.571. The minimum absolute atomic E-state index is 0.0643. The van der Waals surface area contributed by atoms with Gasteiger partial charge in [0.1, 0.15) is 0 Å². The second kappa shape index (κ2) is 5.92. The van der Waals surface area contributed by atoms with Crippen LogP contribution in [0.15, 0.2) is 30.3 Å². The highest BCUT2D eigenvalue weighted by Gasteiger charge is 2.18. The zero-order chi connectivity index (χ0) is 11.1. The molecule has 0 aliphatic rings. The van der Waals surface area contributed by atoms with E-state index in [0.717, 1.165) is 25.7 Å². The number of hydrogen-bond acceptors (Lipinski definition) is 1. The van der Waals surface area contributed by atoms with Crippen LogP contribution in [0, 0.1) is 0 Å². The van der Waals surface area contributed by atoms with Crippen LogP contribution < -0.4 is 5.73 Å². The third-order valence-electron chi connectivity index (χ3n) is 3.39. The highest BCUT2D eigenvalue weighted by Crippen LogP contribution is 2.19. The summed E-state index contributed by atoms with van der Waals surface area (Å²) in [6.45, 7) is 4.37. The maximum atomic E-state index is 6.26. The van der Waals surface area contributed by atoms with Gasteiger partial charge in [-0.05, 0) is 37.7 Å². The molecule has 0 atom stereocenters. The van der Waals surface area contributed by atoms with Gasteiger partial charge in [-0.15, -0.1) is 0 Å². The molecule has 1 aromatic carbocycles. The van der Waals surface area contributed by atoms with E-state index in [1.807, 2.05) is 0 Å². The molecule has 0 aliphatic heterocycles. The first-order chi connectivity index (χ1) is 7.20. The SMILES string of the molecule is CCC(N)(CC)CCCc1ccccc1. The van der Waals surface area contributed by atoms with Gasteiger partial charge in [0.15, 0.2) is 0 Å². The molecule has 84 valence electrons. The van der Waals surface area contributed by atoms with Gasteiger partial charge in [0.05, 0.1) is 0 Å². The van der Waals surface area contributed by atoms with Crippen molar-refractivity contribution in [3.63, 3.8) is 0 Å². The van der Waals surface area contributed by atoms with Gasteiger partial charge in [-0.25, -0.2) is 0 Å². The maximum absolute atomic E-state index is 6.26. The van der Waals surface area contributed by atoms with Gasteiger partial charge in [0, 0.05) is 5.54 Å². The maximum Gasteiger partial charge on any atom is 0.0149 e. The molecular formula is C14H23N. The molecule has 0 heterocycles. The van der Waals surface area contributed by atoms with E-state index in [9.17, 15) is 0 Å². The van der Waals surface area contributed by atoms with Crippen molar-refractivity contribution in [3.05, 3.63) is 35.9 Å². The van der Waals surface area contributed by atoms with Crippen molar-refractivity contribution in [2.45, 2.75) is 51.5 Å². The molecule has 0 saturated carbocycles. The Morgan fingerprint density at radius 3 is 2.20 bits per heavy atom. The summed E-state index contributed by atoms with van der Waals surface area (Å²) in [5, 5.41) is 0. The van der Waals surface area contributed by atoms with E-state index in [1.165, 1.54) is 12.0 Å². The topological polar surface area (TPSA) is 26.0 Å². The van der Waals surface area contributed by atoms with Crippen molar-refractivity contribution in [3.8, 4) is 0 Å². The molecule has 1 aromatic rings. The van der Waals surface area contributed by atoms with Crippen molar-refractivity contribution in [2.24, 2.45) is 5.73 Å². The van der Waals surface area contributed by atoms with Crippen molar-refractivity contribution in [2.75, 3.05) is 0 Å². The minimum atomic E-state index is 0.0643. The minimum Gasteiger partial charge on any atom is -0.325 e. The third-order valence-corrected chi connectivity index (χ3v) is 3.39. The van der Waals surface area contributed by atoms with E-state index in [1.54, 1.807) is 0 Å². The molecule has 0 bridgehead atoms.